The summed E-state index contributed by atoms with van der Waals surface area (Å²) in [7, 11) is 1.61. The van der Waals surface area contributed by atoms with Crippen molar-refractivity contribution in [1.29, 1.82) is 0 Å². The van der Waals surface area contributed by atoms with Crippen molar-refractivity contribution in [2.75, 3.05) is 21.3 Å². The van der Waals surface area contributed by atoms with E-state index in [0.29, 0.717) is 17.8 Å². The maximum Gasteiger partial charge on any atom is 0.507 e. The molecule has 2 saturated heterocycles. The van der Waals surface area contributed by atoms with E-state index < -0.39 is 32.8 Å². The third-order valence-corrected chi connectivity index (χ3v) is 7.14. The summed E-state index contributed by atoms with van der Waals surface area (Å²) < 4.78 is 26.6. The molecular formula is C11H14O7Si. The van der Waals surface area contributed by atoms with Crippen LogP contribution in [-0.2, 0) is 32.3 Å². The summed E-state index contributed by atoms with van der Waals surface area (Å²) in [4.78, 5) is 23.3. The maximum absolute atomic E-state index is 11.7. The molecule has 3 atom stereocenters. The fraction of sp³-hybridized carbons (Fsp3) is 0.636. The average Bonchev–Trinajstić information content (AvgIpc) is 3.06. The molecule has 3 aliphatic heterocycles. The summed E-state index contributed by atoms with van der Waals surface area (Å²) in [6.07, 6.45) is -0.0175. The van der Waals surface area contributed by atoms with Crippen molar-refractivity contribution in [3.63, 3.8) is 0 Å². The van der Waals surface area contributed by atoms with Gasteiger partial charge in [0.25, 0.3) is 0 Å². The van der Waals surface area contributed by atoms with Gasteiger partial charge in [-0.15, -0.1) is 0 Å². The van der Waals surface area contributed by atoms with E-state index in [9.17, 15) is 9.59 Å². The number of esters is 2. The summed E-state index contributed by atoms with van der Waals surface area (Å²) in [5.41, 5.74) is 0.159. The second kappa shape index (κ2) is 4.14. The molecular weight excluding hydrogens is 272 g/mol. The zero-order valence-electron chi connectivity index (χ0n) is 10.8. The van der Waals surface area contributed by atoms with Gasteiger partial charge in [0, 0.05) is 27.8 Å². The molecule has 2 fully saturated rings. The zero-order valence-corrected chi connectivity index (χ0v) is 11.8. The fourth-order valence-electron chi connectivity index (χ4n) is 3.15. The highest BCUT2D eigenvalue weighted by atomic mass is 28.4. The van der Waals surface area contributed by atoms with Crippen molar-refractivity contribution in [3.05, 3.63) is 11.3 Å². The third-order valence-electron chi connectivity index (χ3n) is 3.99. The molecule has 0 radical (unpaired) electrons. The lowest BCUT2D eigenvalue weighted by molar-refractivity contribution is -0.154. The number of fused-ring (bicyclic) bond motifs is 4. The Bertz CT molecular complexity index is 473. The smallest absolute Gasteiger partial charge is 0.493 e. The predicted octanol–water partition coefficient (Wildman–Crippen LogP) is -0.00910. The predicted molar refractivity (Wildman–Crippen MR) is 61.6 cm³/mol. The summed E-state index contributed by atoms with van der Waals surface area (Å²) >= 11 is 0. The van der Waals surface area contributed by atoms with Crippen molar-refractivity contribution < 1.29 is 32.3 Å². The van der Waals surface area contributed by atoms with Gasteiger partial charge in [0.15, 0.2) is 0 Å². The Morgan fingerprint density at radius 1 is 1.16 bits per heavy atom. The molecule has 0 aromatic rings. The standard InChI is InChI=1S/C11H14O7Si/c1-14-19(15-2,16-3)6-4-5-7-8(9(6)17-5)11(13)18-10(7)12/h6,8-9H,4H2,1-3H3/t6-,8-,9-/m0/s1. The van der Waals surface area contributed by atoms with Crippen molar-refractivity contribution in [2.45, 2.75) is 18.1 Å². The first-order valence-corrected chi connectivity index (χ1v) is 7.69. The molecule has 0 aromatic heterocycles. The van der Waals surface area contributed by atoms with Crippen molar-refractivity contribution in [1.82, 2.24) is 0 Å². The largest absolute Gasteiger partial charge is 0.507 e. The molecule has 3 aliphatic rings. The van der Waals surface area contributed by atoms with E-state index in [1.807, 2.05) is 0 Å². The van der Waals surface area contributed by atoms with Crippen LogP contribution in [0.5, 0.6) is 0 Å². The Morgan fingerprint density at radius 2 is 1.79 bits per heavy atom. The minimum atomic E-state index is -2.93. The van der Waals surface area contributed by atoms with Crippen LogP contribution < -0.4 is 0 Å². The van der Waals surface area contributed by atoms with Gasteiger partial charge in [-0.1, -0.05) is 0 Å². The SMILES string of the molecule is CO[Si](OC)(OC)[C@H]1CC2=C3C(=O)OC(=O)[C@@H]3[C@H]1O2. The van der Waals surface area contributed by atoms with Gasteiger partial charge in [0.2, 0.25) is 0 Å². The van der Waals surface area contributed by atoms with Crippen LogP contribution in [0.3, 0.4) is 0 Å². The van der Waals surface area contributed by atoms with Crippen molar-refractivity contribution >= 4 is 20.7 Å². The number of hydrogen-bond donors (Lipinski definition) is 0. The Balaban J connectivity index is 1.98. The molecule has 0 saturated carbocycles. The average molecular weight is 286 g/mol. The molecule has 3 heterocycles. The Kier molecular flexibility index (Phi) is 2.78. The minimum absolute atomic E-state index is 0.199. The van der Waals surface area contributed by atoms with Crippen LogP contribution >= 0.6 is 0 Å². The number of ether oxygens (including phenoxy) is 2. The van der Waals surface area contributed by atoms with E-state index in [4.69, 9.17) is 18.0 Å². The second-order valence-corrected chi connectivity index (χ2v) is 7.81. The molecule has 0 aromatic carbocycles. The summed E-state index contributed by atoms with van der Waals surface area (Å²) in [6.45, 7) is 0. The normalized spacial score (nSPS) is 32.7. The van der Waals surface area contributed by atoms with Gasteiger partial charge in [-0.3, -0.25) is 4.79 Å². The molecule has 0 aliphatic carbocycles. The zero-order chi connectivity index (χ0) is 13.8. The quantitative estimate of drug-likeness (QED) is 0.408. The summed E-state index contributed by atoms with van der Waals surface area (Å²) in [6, 6.07) is 0. The molecule has 0 spiro atoms. The first-order valence-electron chi connectivity index (χ1n) is 5.89. The van der Waals surface area contributed by atoms with Crippen LogP contribution in [0.25, 0.3) is 0 Å². The van der Waals surface area contributed by atoms with E-state index in [2.05, 4.69) is 4.74 Å². The minimum Gasteiger partial charge on any atom is -0.493 e. The topological polar surface area (TPSA) is 80.3 Å². The lowest BCUT2D eigenvalue weighted by Crippen LogP contribution is -2.52. The van der Waals surface area contributed by atoms with Crippen LogP contribution in [0.1, 0.15) is 6.42 Å². The number of rotatable bonds is 4. The van der Waals surface area contributed by atoms with E-state index in [-0.39, 0.29) is 5.54 Å². The number of cyclic esters (lactones) is 2. The van der Waals surface area contributed by atoms with Gasteiger partial charge in [-0.2, -0.15) is 0 Å². The van der Waals surface area contributed by atoms with E-state index >= 15 is 0 Å². The first-order chi connectivity index (χ1) is 9.07. The molecule has 2 bridgehead atoms. The monoisotopic (exact) mass is 286 g/mol. The van der Waals surface area contributed by atoms with Gasteiger partial charge >= 0.3 is 20.7 Å². The van der Waals surface area contributed by atoms with Gasteiger partial charge in [0.1, 0.15) is 17.8 Å². The van der Waals surface area contributed by atoms with E-state index in [1.165, 1.54) is 21.3 Å². The highest BCUT2D eigenvalue weighted by Gasteiger charge is 2.66. The number of carbonyl (C=O) groups excluding carboxylic acids is 2. The highest BCUT2D eigenvalue weighted by molar-refractivity contribution is 6.62. The van der Waals surface area contributed by atoms with Crippen molar-refractivity contribution in [2.24, 2.45) is 5.92 Å². The van der Waals surface area contributed by atoms with E-state index in [0.717, 1.165) is 0 Å². The molecule has 19 heavy (non-hydrogen) atoms. The maximum atomic E-state index is 11.7. The Labute approximate surface area is 110 Å². The molecule has 104 valence electrons. The first kappa shape index (κ1) is 12.8. The second-order valence-electron chi connectivity index (χ2n) is 4.63. The lowest BCUT2D eigenvalue weighted by Gasteiger charge is -2.33. The van der Waals surface area contributed by atoms with Crippen LogP contribution in [0.2, 0.25) is 5.54 Å². The molecule has 7 nitrogen and oxygen atoms in total. The molecule has 8 heteroatoms. The summed E-state index contributed by atoms with van der Waals surface area (Å²) in [5, 5.41) is 0. The number of allylic oxidation sites excluding steroid dienone is 1. The molecule has 3 rings (SSSR count). The third kappa shape index (κ3) is 1.48. The van der Waals surface area contributed by atoms with Gasteiger partial charge in [-0.05, 0) is 0 Å². The lowest BCUT2D eigenvalue weighted by atomic mass is 9.89. The van der Waals surface area contributed by atoms with Crippen LogP contribution in [0.15, 0.2) is 11.3 Å². The van der Waals surface area contributed by atoms with Crippen LogP contribution in [0.4, 0.5) is 0 Å². The van der Waals surface area contributed by atoms with Gasteiger partial charge in [-0.25, -0.2) is 4.79 Å². The van der Waals surface area contributed by atoms with Gasteiger partial charge < -0.3 is 22.8 Å². The molecule has 0 amide bonds. The Hall–Kier alpha value is -1.22. The van der Waals surface area contributed by atoms with E-state index in [1.54, 1.807) is 0 Å². The van der Waals surface area contributed by atoms with Gasteiger partial charge in [0.05, 0.1) is 11.1 Å². The highest BCUT2D eigenvalue weighted by Crippen LogP contribution is 2.55. The Morgan fingerprint density at radius 3 is 2.37 bits per heavy atom. The molecule has 0 N–H and O–H groups in total. The summed E-state index contributed by atoms with van der Waals surface area (Å²) in [5.74, 6) is -1.30. The fourth-order valence-corrected chi connectivity index (χ4v) is 5.66. The number of carbonyl (C=O) groups is 2. The molecule has 0 unspecified atom stereocenters. The van der Waals surface area contributed by atoms with Crippen LogP contribution in [0, 0.1) is 5.92 Å². The van der Waals surface area contributed by atoms with Crippen molar-refractivity contribution in [3.8, 4) is 0 Å². The van der Waals surface area contributed by atoms with Crippen LogP contribution in [-0.4, -0.2) is 48.2 Å². The number of hydrogen-bond acceptors (Lipinski definition) is 7.